The minimum atomic E-state index is -0.396. The van der Waals surface area contributed by atoms with Crippen molar-refractivity contribution in [1.29, 1.82) is 0 Å². The summed E-state index contributed by atoms with van der Waals surface area (Å²) in [5.41, 5.74) is 0.357. The Balaban J connectivity index is 2.09. The van der Waals surface area contributed by atoms with Gasteiger partial charge in [-0.05, 0) is 52.9 Å². The number of hydrogen-bond donors (Lipinski definition) is 1. The smallest absolute Gasteiger partial charge is 0.252 e. The average molecular weight is 379 g/mol. The maximum absolute atomic E-state index is 13.2. The first-order valence-corrected chi connectivity index (χ1v) is 7.85. The Morgan fingerprint density at radius 1 is 1.44 bits per heavy atom. The molecule has 0 radical (unpaired) electrons. The lowest BCUT2D eigenvalue weighted by molar-refractivity contribution is 0.0929. The molecule has 1 amide bonds. The lowest BCUT2D eigenvalue weighted by atomic mass is 10.1. The molecule has 1 saturated carbocycles. The fourth-order valence-corrected chi connectivity index (χ4v) is 3.53. The summed E-state index contributed by atoms with van der Waals surface area (Å²) >= 11 is 6.74. The van der Waals surface area contributed by atoms with Crippen LogP contribution in [0.3, 0.4) is 0 Å². The van der Waals surface area contributed by atoms with Gasteiger partial charge < -0.3 is 5.32 Å². The first-order valence-electron chi connectivity index (χ1n) is 5.93. The lowest BCUT2D eigenvalue weighted by Gasteiger charge is -2.19. The van der Waals surface area contributed by atoms with Crippen LogP contribution in [0.25, 0.3) is 0 Å². The van der Waals surface area contributed by atoms with E-state index in [-0.39, 0.29) is 11.9 Å². The van der Waals surface area contributed by atoms with Gasteiger partial charge in [0.2, 0.25) is 0 Å². The zero-order chi connectivity index (χ0) is 13.1. The molecular weight excluding hydrogens is 365 g/mol. The van der Waals surface area contributed by atoms with E-state index in [1.165, 1.54) is 12.1 Å². The quantitative estimate of drug-likeness (QED) is 0.794. The number of amides is 1. The number of benzene rings is 1. The van der Waals surface area contributed by atoms with Crippen LogP contribution < -0.4 is 5.32 Å². The van der Waals surface area contributed by atoms with Crippen LogP contribution in [0.2, 0.25) is 0 Å². The highest BCUT2D eigenvalue weighted by Gasteiger charge is 2.28. The van der Waals surface area contributed by atoms with Gasteiger partial charge in [-0.1, -0.05) is 22.4 Å². The Morgan fingerprint density at radius 3 is 2.94 bits per heavy atom. The second kappa shape index (κ2) is 6.15. The van der Waals surface area contributed by atoms with Crippen LogP contribution in [-0.2, 0) is 0 Å². The highest BCUT2D eigenvalue weighted by Crippen LogP contribution is 2.28. The lowest BCUT2D eigenvalue weighted by Crippen LogP contribution is -2.38. The van der Waals surface area contributed by atoms with Crippen LogP contribution in [0.4, 0.5) is 4.39 Å². The summed E-state index contributed by atoms with van der Waals surface area (Å²) in [5.74, 6) is -0.132. The fraction of sp³-hybridized carbons (Fsp3) is 0.462. The van der Waals surface area contributed by atoms with Crippen molar-refractivity contribution in [1.82, 2.24) is 5.32 Å². The van der Waals surface area contributed by atoms with Crippen molar-refractivity contribution >= 4 is 37.8 Å². The third-order valence-electron chi connectivity index (χ3n) is 3.35. The third-order valence-corrected chi connectivity index (χ3v) is 4.87. The molecule has 1 fully saturated rings. The summed E-state index contributed by atoms with van der Waals surface area (Å²) in [6, 6.07) is 4.34. The van der Waals surface area contributed by atoms with Crippen molar-refractivity contribution < 1.29 is 9.18 Å². The Bertz CT molecular complexity index is 453. The molecule has 5 heteroatoms. The molecule has 0 saturated heterocycles. The van der Waals surface area contributed by atoms with Gasteiger partial charge in [-0.25, -0.2) is 4.39 Å². The van der Waals surface area contributed by atoms with Crippen molar-refractivity contribution in [2.45, 2.75) is 25.3 Å². The summed E-state index contributed by atoms with van der Waals surface area (Å²) in [5, 5.41) is 3.89. The second-order valence-corrected chi connectivity index (χ2v) is 6.05. The van der Waals surface area contributed by atoms with E-state index in [0.717, 1.165) is 24.6 Å². The zero-order valence-corrected chi connectivity index (χ0v) is 12.9. The molecule has 2 nitrogen and oxygen atoms in total. The van der Waals surface area contributed by atoms with Gasteiger partial charge in [-0.3, -0.25) is 4.79 Å². The van der Waals surface area contributed by atoms with Crippen molar-refractivity contribution in [2.24, 2.45) is 5.92 Å². The van der Waals surface area contributed by atoms with Gasteiger partial charge >= 0.3 is 0 Å². The molecule has 0 spiro atoms. The predicted molar refractivity (Wildman–Crippen MR) is 76.5 cm³/mol. The molecule has 1 N–H and O–H groups in total. The van der Waals surface area contributed by atoms with Crippen LogP contribution in [-0.4, -0.2) is 17.3 Å². The normalized spacial score (nSPS) is 23.1. The summed E-state index contributed by atoms with van der Waals surface area (Å²) in [6.07, 6.45) is 3.25. The van der Waals surface area contributed by atoms with Gasteiger partial charge in [-0.2, -0.15) is 0 Å². The van der Waals surface area contributed by atoms with Gasteiger partial charge in [-0.15, -0.1) is 0 Å². The average Bonchev–Trinajstić information content (AvgIpc) is 2.79. The molecule has 0 bridgehead atoms. The Labute approximate surface area is 123 Å². The number of hydrogen-bond acceptors (Lipinski definition) is 1. The van der Waals surface area contributed by atoms with E-state index in [1.807, 2.05) is 0 Å². The fourth-order valence-electron chi connectivity index (χ4n) is 2.33. The number of alkyl halides is 1. The molecule has 0 aromatic heterocycles. The van der Waals surface area contributed by atoms with E-state index in [9.17, 15) is 9.18 Å². The molecule has 0 heterocycles. The minimum absolute atomic E-state index is 0.187. The monoisotopic (exact) mass is 377 g/mol. The van der Waals surface area contributed by atoms with Crippen molar-refractivity contribution in [3.05, 3.63) is 34.1 Å². The summed E-state index contributed by atoms with van der Waals surface area (Å²) in [4.78, 5) is 12.1. The SMILES string of the molecule is O=C(NC1CCCC1CBr)c1cc(F)ccc1Br. The number of carbonyl (C=O) groups excluding carboxylic acids is 1. The molecule has 1 aliphatic rings. The number of halogens is 3. The third kappa shape index (κ3) is 3.12. The van der Waals surface area contributed by atoms with Gasteiger partial charge in [0, 0.05) is 15.8 Å². The van der Waals surface area contributed by atoms with Crippen LogP contribution in [0.5, 0.6) is 0 Å². The minimum Gasteiger partial charge on any atom is -0.349 e. The van der Waals surface area contributed by atoms with Crippen LogP contribution in [0.1, 0.15) is 29.6 Å². The van der Waals surface area contributed by atoms with Gasteiger partial charge in [0.1, 0.15) is 5.82 Å². The highest BCUT2D eigenvalue weighted by atomic mass is 79.9. The van der Waals surface area contributed by atoms with E-state index in [2.05, 4.69) is 37.2 Å². The highest BCUT2D eigenvalue weighted by molar-refractivity contribution is 9.10. The summed E-state index contributed by atoms with van der Waals surface area (Å²) < 4.78 is 13.8. The predicted octanol–water partition coefficient (Wildman–Crippen LogP) is 3.88. The van der Waals surface area contributed by atoms with E-state index < -0.39 is 5.82 Å². The van der Waals surface area contributed by atoms with E-state index in [1.54, 1.807) is 6.07 Å². The standard InChI is InChI=1S/C13H14Br2FNO/c14-7-8-2-1-3-12(8)17-13(18)10-6-9(16)4-5-11(10)15/h4-6,8,12H,1-3,7H2,(H,17,18). The Morgan fingerprint density at radius 2 is 2.22 bits per heavy atom. The molecule has 1 aromatic rings. The number of carbonyl (C=O) groups is 1. The van der Waals surface area contributed by atoms with Crippen molar-refractivity contribution in [3.8, 4) is 0 Å². The number of nitrogens with one attached hydrogen (secondary N) is 1. The van der Waals surface area contributed by atoms with Gasteiger partial charge in [0.15, 0.2) is 0 Å². The molecule has 2 unspecified atom stereocenters. The molecule has 18 heavy (non-hydrogen) atoms. The summed E-state index contributed by atoms with van der Waals surface area (Å²) in [7, 11) is 0. The van der Waals surface area contributed by atoms with Crippen LogP contribution in [0.15, 0.2) is 22.7 Å². The molecule has 2 atom stereocenters. The van der Waals surface area contributed by atoms with Crippen molar-refractivity contribution in [3.63, 3.8) is 0 Å². The maximum atomic E-state index is 13.2. The number of rotatable bonds is 3. The largest absolute Gasteiger partial charge is 0.349 e. The first-order chi connectivity index (χ1) is 8.61. The van der Waals surface area contributed by atoms with Gasteiger partial charge in [0.25, 0.3) is 5.91 Å². The topological polar surface area (TPSA) is 29.1 Å². The Kier molecular flexibility index (Phi) is 4.78. The zero-order valence-electron chi connectivity index (χ0n) is 9.76. The van der Waals surface area contributed by atoms with E-state index in [4.69, 9.17) is 0 Å². The second-order valence-electron chi connectivity index (χ2n) is 4.55. The van der Waals surface area contributed by atoms with Crippen LogP contribution in [0, 0.1) is 11.7 Å². The first kappa shape index (κ1) is 14.0. The van der Waals surface area contributed by atoms with Gasteiger partial charge in [0.05, 0.1) is 5.56 Å². The van der Waals surface area contributed by atoms with Crippen molar-refractivity contribution in [2.75, 3.05) is 5.33 Å². The summed E-state index contributed by atoms with van der Waals surface area (Å²) in [6.45, 7) is 0. The molecule has 0 aliphatic heterocycles. The molecule has 2 rings (SSSR count). The molecular formula is C13H14Br2FNO. The Hall–Kier alpha value is -0.420. The van der Waals surface area contributed by atoms with E-state index in [0.29, 0.717) is 16.0 Å². The van der Waals surface area contributed by atoms with Crippen LogP contribution >= 0.6 is 31.9 Å². The molecule has 1 aromatic carbocycles. The van der Waals surface area contributed by atoms with E-state index >= 15 is 0 Å². The molecule has 1 aliphatic carbocycles. The maximum Gasteiger partial charge on any atom is 0.252 e. The molecule has 98 valence electrons.